The molecular weight excluding hydrogens is 331 g/mol. The molecule has 1 saturated heterocycles. The number of amides is 2. The number of hydrogen-bond acceptors (Lipinski definition) is 2. The summed E-state index contributed by atoms with van der Waals surface area (Å²) >= 11 is 0. The summed E-state index contributed by atoms with van der Waals surface area (Å²) in [5.74, 6) is -1.19. The first-order valence-corrected chi connectivity index (χ1v) is 8.73. The van der Waals surface area contributed by atoms with Gasteiger partial charge in [0.05, 0.1) is 11.6 Å². The van der Waals surface area contributed by atoms with Gasteiger partial charge in [0.25, 0.3) is 0 Å². The highest BCUT2D eigenvalue weighted by Gasteiger charge is 2.37. The van der Waals surface area contributed by atoms with Gasteiger partial charge in [0.1, 0.15) is 5.82 Å². The van der Waals surface area contributed by atoms with Crippen molar-refractivity contribution in [3.63, 3.8) is 0 Å². The van der Waals surface area contributed by atoms with Crippen LogP contribution in [0.2, 0.25) is 0 Å². The van der Waals surface area contributed by atoms with Gasteiger partial charge < -0.3 is 9.80 Å². The molecule has 1 atom stereocenters. The summed E-state index contributed by atoms with van der Waals surface area (Å²) in [5.41, 5.74) is 3.65. The molecule has 1 heterocycles. The van der Waals surface area contributed by atoms with Crippen molar-refractivity contribution in [1.29, 1.82) is 0 Å². The number of carbonyl (C=O) groups excluding carboxylic acids is 2. The zero-order valence-corrected chi connectivity index (χ0v) is 15.3. The van der Waals surface area contributed by atoms with Crippen molar-refractivity contribution in [2.24, 2.45) is 5.92 Å². The van der Waals surface area contributed by atoms with Gasteiger partial charge in [0, 0.05) is 26.6 Å². The number of carbonyl (C=O) groups is 2. The van der Waals surface area contributed by atoms with Crippen LogP contribution in [0.15, 0.2) is 42.5 Å². The van der Waals surface area contributed by atoms with Crippen molar-refractivity contribution in [3.05, 3.63) is 65.0 Å². The van der Waals surface area contributed by atoms with Crippen LogP contribution in [0.1, 0.15) is 23.1 Å². The fourth-order valence-corrected chi connectivity index (χ4v) is 3.44. The van der Waals surface area contributed by atoms with E-state index in [1.54, 1.807) is 30.1 Å². The Labute approximate surface area is 153 Å². The van der Waals surface area contributed by atoms with Gasteiger partial charge >= 0.3 is 0 Å². The van der Waals surface area contributed by atoms with Crippen LogP contribution in [0.3, 0.4) is 0 Å². The quantitative estimate of drug-likeness (QED) is 0.844. The van der Waals surface area contributed by atoms with Crippen LogP contribution in [0, 0.1) is 25.6 Å². The second-order valence-corrected chi connectivity index (χ2v) is 6.98. The maximum absolute atomic E-state index is 14.0. The maximum atomic E-state index is 14.0. The second kappa shape index (κ2) is 7.28. The summed E-state index contributed by atoms with van der Waals surface area (Å²) < 4.78 is 14.0. The van der Waals surface area contributed by atoms with Gasteiger partial charge in [-0.1, -0.05) is 35.9 Å². The predicted molar refractivity (Wildman–Crippen MR) is 99.3 cm³/mol. The SMILES string of the molecule is Cc1ccc(CN(C)C(=O)C2CC(=O)N(c3ccccc3F)C2)c(C)c1. The molecule has 0 N–H and O–H groups in total. The lowest BCUT2D eigenvalue weighted by Gasteiger charge is -2.22. The molecule has 4 nitrogen and oxygen atoms in total. The zero-order chi connectivity index (χ0) is 18.8. The van der Waals surface area contributed by atoms with E-state index in [1.165, 1.54) is 16.5 Å². The van der Waals surface area contributed by atoms with Crippen molar-refractivity contribution in [2.45, 2.75) is 26.8 Å². The van der Waals surface area contributed by atoms with Crippen LogP contribution in [0.25, 0.3) is 0 Å². The number of para-hydroxylation sites is 1. The minimum Gasteiger partial charge on any atom is -0.341 e. The Balaban J connectivity index is 1.70. The molecule has 1 fully saturated rings. The lowest BCUT2D eigenvalue weighted by atomic mass is 10.0. The third-order valence-electron chi connectivity index (χ3n) is 4.90. The molecule has 26 heavy (non-hydrogen) atoms. The lowest BCUT2D eigenvalue weighted by molar-refractivity contribution is -0.135. The number of benzene rings is 2. The predicted octanol–water partition coefficient (Wildman–Crippen LogP) is 3.45. The molecule has 1 aliphatic heterocycles. The third-order valence-corrected chi connectivity index (χ3v) is 4.90. The number of rotatable bonds is 4. The molecule has 0 bridgehead atoms. The minimum atomic E-state index is -0.447. The first-order valence-electron chi connectivity index (χ1n) is 8.73. The van der Waals surface area contributed by atoms with E-state index in [0.29, 0.717) is 6.54 Å². The van der Waals surface area contributed by atoms with E-state index < -0.39 is 11.7 Å². The minimum absolute atomic E-state index is 0.0860. The van der Waals surface area contributed by atoms with Gasteiger partial charge in [-0.05, 0) is 37.1 Å². The fourth-order valence-electron chi connectivity index (χ4n) is 3.44. The van der Waals surface area contributed by atoms with Crippen molar-refractivity contribution < 1.29 is 14.0 Å². The van der Waals surface area contributed by atoms with E-state index in [1.807, 2.05) is 26.0 Å². The summed E-state index contributed by atoms with van der Waals surface area (Å²) in [7, 11) is 1.75. The monoisotopic (exact) mass is 354 g/mol. The molecule has 0 aliphatic carbocycles. The molecule has 3 rings (SSSR count). The summed E-state index contributed by atoms with van der Waals surface area (Å²) in [6, 6.07) is 12.3. The molecular formula is C21H23FN2O2. The molecule has 1 aliphatic rings. The molecule has 0 radical (unpaired) electrons. The van der Waals surface area contributed by atoms with E-state index in [2.05, 4.69) is 6.07 Å². The highest BCUT2D eigenvalue weighted by atomic mass is 19.1. The fraction of sp³-hybridized carbons (Fsp3) is 0.333. The smallest absolute Gasteiger partial charge is 0.228 e. The summed E-state index contributed by atoms with van der Waals surface area (Å²) in [4.78, 5) is 28.1. The van der Waals surface area contributed by atoms with Crippen molar-refractivity contribution in [2.75, 3.05) is 18.5 Å². The summed E-state index contributed by atoms with van der Waals surface area (Å²) in [6.45, 7) is 4.78. The topological polar surface area (TPSA) is 40.6 Å². The first-order chi connectivity index (χ1) is 12.4. The maximum Gasteiger partial charge on any atom is 0.228 e. The van der Waals surface area contributed by atoms with Gasteiger partial charge in [-0.15, -0.1) is 0 Å². The number of halogens is 1. The Morgan fingerprint density at radius 3 is 2.65 bits per heavy atom. The third kappa shape index (κ3) is 3.62. The molecule has 2 aromatic carbocycles. The summed E-state index contributed by atoms with van der Waals surface area (Å²) in [6.07, 6.45) is 0.115. The van der Waals surface area contributed by atoms with Gasteiger partial charge in [-0.3, -0.25) is 9.59 Å². The zero-order valence-electron chi connectivity index (χ0n) is 15.3. The summed E-state index contributed by atoms with van der Waals surface area (Å²) in [5, 5.41) is 0. The first kappa shape index (κ1) is 18.1. The van der Waals surface area contributed by atoms with Gasteiger partial charge in [-0.25, -0.2) is 4.39 Å². The second-order valence-electron chi connectivity index (χ2n) is 6.98. The number of nitrogens with zero attached hydrogens (tertiary/aromatic N) is 2. The highest BCUT2D eigenvalue weighted by molar-refractivity contribution is 6.00. The lowest BCUT2D eigenvalue weighted by Crippen LogP contribution is -2.34. The number of anilines is 1. The molecule has 0 saturated carbocycles. The van der Waals surface area contributed by atoms with Gasteiger partial charge in [0.2, 0.25) is 11.8 Å². The van der Waals surface area contributed by atoms with Crippen LogP contribution >= 0.6 is 0 Å². The molecule has 0 spiro atoms. The number of hydrogen-bond donors (Lipinski definition) is 0. The standard InChI is InChI=1S/C21H23FN2O2/c1-14-8-9-16(15(2)10-14)12-23(3)21(26)17-11-20(25)24(13-17)19-7-5-4-6-18(19)22/h4-10,17H,11-13H2,1-3H3. The van der Waals surface area contributed by atoms with E-state index in [0.717, 1.165) is 11.1 Å². The Morgan fingerprint density at radius 1 is 1.23 bits per heavy atom. The van der Waals surface area contributed by atoms with Gasteiger partial charge in [-0.2, -0.15) is 0 Å². The average molecular weight is 354 g/mol. The van der Waals surface area contributed by atoms with Crippen molar-refractivity contribution in [3.8, 4) is 0 Å². The van der Waals surface area contributed by atoms with E-state index in [4.69, 9.17) is 0 Å². The normalized spacial score (nSPS) is 16.8. The van der Waals surface area contributed by atoms with E-state index >= 15 is 0 Å². The van der Waals surface area contributed by atoms with Crippen molar-refractivity contribution >= 4 is 17.5 Å². The van der Waals surface area contributed by atoms with Crippen LogP contribution in [0.4, 0.5) is 10.1 Å². The highest BCUT2D eigenvalue weighted by Crippen LogP contribution is 2.28. The Hall–Kier alpha value is -2.69. The largest absolute Gasteiger partial charge is 0.341 e. The Bertz CT molecular complexity index is 850. The van der Waals surface area contributed by atoms with E-state index in [9.17, 15) is 14.0 Å². The Morgan fingerprint density at radius 2 is 1.96 bits per heavy atom. The molecule has 136 valence electrons. The van der Waals surface area contributed by atoms with Crippen LogP contribution in [-0.2, 0) is 16.1 Å². The average Bonchev–Trinajstić information content (AvgIpc) is 2.98. The molecule has 2 aromatic rings. The van der Waals surface area contributed by atoms with Crippen LogP contribution in [-0.4, -0.2) is 30.3 Å². The van der Waals surface area contributed by atoms with Gasteiger partial charge in [0.15, 0.2) is 0 Å². The van der Waals surface area contributed by atoms with E-state index in [-0.39, 0.29) is 30.5 Å². The number of aryl methyl sites for hydroxylation is 2. The molecule has 2 amide bonds. The Kier molecular flexibility index (Phi) is 5.07. The van der Waals surface area contributed by atoms with Crippen LogP contribution in [0.5, 0.6) is 0 Å². The molecule has 1 unspecified atom stereocenters. The molecule has 0 aromatic heterocycles. The van der Waals surface area contributed by atoms with Crippen LogP contribution < -0.4 is 4.90 Å². The van der Waals surface area contributed by atoms with Crippen molar-refractivity contribution in [1.82, 2.24) is 4.90 Å². The molecule has 5 heteroatoms.